The minimum Gasteiger partial charge on any atom is -0.378 e. The fourth-order valence-electron chi connectivity index (χ4n) is 0.826. The van der Waals surface area contributed by atoms with Crippen LogP contribution >= 0.6 is 0 Å². The molecule has 0 atom stereocenters. The number of aromatic nitrogens is 2. The van der Waals surface area contributed by atoms with Crippen molar-refractivity contribution >= 4 is 0 Å². The van der Waals surface area contributed by atoms with E-state index >= 15 is 0 Å². The molecule has 0 aliphatic rings. The first-order valence-electron chi connectivity index (χ1n) is 3.64. The Morgan fingerprint density at radius 3 is 1.67 bits per heavy atom. The summed E-state index contributed by atoms with van der Waals surface area (Å²) in [6.45, 7) is 1.00. The van der Waals surface area contributed by atoms with E-state index in [4.69, 9.17) is 9.47 Å². The van der Waals surface area contributed by atoms with Crippen LogP contribution in [0.4, 0.5) is 0 Å². The van der Waals surface area contributed by atoms with E-state index in [2.05, 4.69) is 9.97 Å². The zero-order chi connectivity index (χ0) is 8.81. The van der Waals surface area contributed by atoms with Gasteiger partial charge in [-0.05, 0) is 0 Å². The van der Waals surface area contributed by atoms with Crippen molar-refractivity contribution in [2.75, 3.05) is 14.2 Å². The van der Waals surface area contributed by atoms with Gasteiger partial charge >= 0.3 is 0 Å². The average Bonchev–Trinajstić information content (AvgIpc) is 2.09. The predicted octanol–water partition coefficient (Wildman–Crippen LogP) is 0.769. The first-order chi connectivity index (χ1) is 5.86. The molecule has 0 amide bonds. The van der Waals surface area contributed by atoms with Crippen LogP contribution in [0.1, 0.15) is 11.4 Å². The van der Waals surface area contributed by atoms with Crippen molar-refractivity contribution in [1.29, 1.82) is 0 Å². The Kier molecular flexibility index (Phi) is 3.63. The lowest BCUT2D eigenvalue weighted by Crippen LogP contribution is -1.97. The third-order valence-electron chi connectivity index (χ3n) is 1.34. The lowest BCUT2D eigenvalue weighted by Gasteiger charge is -2.00. The van der Waals surface area contributed by atoms with Crippen LogP contribution in [0.2, 0.25) is 0 Å². The van der Waals surface area contributed by atoms with Gasteiger partial charge in [-0.2, -0.15) is 0 Å². The molecule has 1 aromatic heterocycles. The molecule has 1 aromatic rings. The molecular formula is C8H12N2O2. The molecule has 0 saturated carbocycles. The number of nitrogens with zero attached hydrogens (tertiary/aromatic N) is 2. The third-order valence-corrected chi connectivity index (χ3v) is 1.34. The van der Waals surface area contributed by atoms with Crippen molar-refractivity contribution in [3.05, 3.63) is 23.8 Å². The summed E-state index contributed by atoms with van der Waals surface area (Å²) in [7, 11) is 3.26. The maximum Gasteiger partial charge on any atom is 0.0899 e. The lowest BCUT2D eigenvalue weighted by molar-refractivity contribution is 0.176. The Morgan fingerprint density at radius 1 is 1.00 bits per heavy atom. The second-order valence-electron chi connectivity index (χ2n) is 2.37. The van der Waals surface area contributed by atoms with E-state index in [1.807, 2.05) is 0 Å². The van der Waals surface area contributed by atoms with Gasteiger partial charge in [-0.3, -0.25) is 9.97 Å². The minimum atomic E-state index is 0.500. The fourth-order valence-corrected chi connectivity index (χ4v) is 0.826. The van der Waals surface area contributed by atoms with Gasteiger partial charge < -0.3 is 9.47 Å². The molecule has 0 unspecified atom stereocenters. The standard InChI is InChI=1S/C8H12N2O2/c1-11-5-7-3-10-8(4-9-7)6-12-2/h3-4H,5-6H2,1-2H3. The largest absolute Gasteiger partial charge is 0.378 e. The maximum atomic E-state index is 4.89. The van der Waals surface area contributed by atoms with Gasteiger partial charge in [-0.25, -0.2) is 0 Å². The molecule has 0 spiro atoms. The molecule has 0 saturated heterocycles. The maximum absolute atomic E-state index is 4.89. The van der Waals surface area contributed by atoms with Gasteiger partial charge in [0.05, 0.1) is 37.0 Å². The van der Waals surface area contributed by atoms with Gasteiger partial charge in [0.25, 0.3) is 0 Å². The highest BCUT2D eigenvalue weighted by Gasteiger charge is 1.95. The SMILES string of the molecule is COCc1cnc(COC)cn1. The second-order valence-corrected chi connectivity index (χ2v) is 2.37. The summed E-state index contributed by atoms with van der Waals surface area (Å²) < 4.78 is 9.79. The molecule has 0 aliphatic heterocycles. The molecule has 12 heavy (non-hydrogen) atoms. The Balaban J connectivity index is 2.58. The van der Waals surface area contributed by atoms with Crippen LogP contribution in [0.15, 0.2) is 12.4 Å². The molecule has 66 valence electrons. The molecule has 0 bridgehead atoms. The summed E-state index contributed by atoms with van der Waals surface area (Å²) in [5, 5.41) is 0. The Morgan fingerprint density at radius 2 is 1.42 bits per heavy atom. The molecule has 0 N–H and O–H groups in total. The molecule has 0 aliphatic carbocycles. The van der Waals surface area contributed by atoms with Crippen molar-refractivity contribution in [3.8, 4) is 0 Å². The highest BCUT2D eigenvalue weighted by Crippen LogP contribution is 1.97. The lowest BCUT2D eigenvalue weighted by atomic mass is 10.4. The van der Waals surface area contributed by atoms with Crippen LogP contribution in [0, 0.1) is 0 Å². The Hall–Kier alpha value is -1.00. The fraction of sp³-hybridized carbons (Fsp3) is 0.500. The van der Waals surface area contributed by atoms with Gasteiger partial charge in [-0.1, -0.05) is 0 Å². The van der Waals surface area contributed by atoms with Crippen molar-refractivity contribution in [2.24, 2.45) is 0 Å². The van der Waals surface area contributed by atoms with Gasteiger partial charge in [-0.15, -0.1) is 0 Å². The van der Waals surface area contributed by atoms with E-state index < -0.39 is 0 Å². The molecule has 1 heterocycles. The van der Waals surface area contributed by atoms with Gasteiger partial charge in [0, 0.05) is 14.2 Å². The topological polar surface area (TPSA) is 44.2 Å². The van der Waals surface area contributed by atoms with E-state index in [1.165, 1.54) is 0 Å². The summed E-state index contributed by atoms with van der Waals surface area (Å²) >= 11 is 0. The van der Waals surface area contributed by atoms with Crippen LogP contribution in [0.5, 0.6) is 0 Å². The Labute approximate surface area is 71.6 Å². The smallest absolute Gasteiger partial charge is 0.0899 e. The predicted molar refractivity (Wildman–Crippen MR) is 43.5 cm³/mol. The number of rotatable bonds is 4. The summed E-state index contributed by atoms with van der Waals surface area (Å²) in [4.78, 5) is 8.24. The number of hydrogen-bond acceptors (Lipinski definition) is 4. The zero-order valence-corrected chi connectivity index (χ0v) is 7.28. The quantitative estimate of drug-likeness (QED) is 0.666. The highest BCUT2D eigenvalue weighted by molar-refractivity contribution is 5.00. The van der Waals surface area contributed by atoms with Gasteiger partial charge in [0.1, 0.15) is 0 Å². The van der Waals surface area contributed by atoms with Crippen LogP contribution in [-0.4, -0.2) is 24.2 Å². The van der Waals surface area contributed by atoms with E-state index in [-0.39, 0.29) is 0 Å². The summed E-state index contributed by atoms with van der Waals surface area (Å²) in [5.41, 5.74) is 1.66. The first-order valence-corrected chi connectivity index (χ1v) is 3.64. The summed E-state index contributed by atoms with van der Waals surface area (Å²) in [6, 6.07) is 0. The molecule has 4 heteroatoms. The van der Waals surface area contributed by atoms with Crippen LogP contribution in [0.25, 0.3) is 0 Å². The second kappa shape index (κ2) is 4.79. The first kappa shape index (κ1) is 9.09. The normalized spacial score (nSPS) is 10.2. The van der Waals surface area contributed by atoms with Crippen LogP contribution < -0.4 is 0 Å². The van der Waals surface area contributed by atoms with Crippen LogP contribution in [-0.2, 0) is 22.7 Å². The minimum absolute atomic E-state index is 0.500. The van der Waals surface area contributed by atoms with Gasteiger partial charge in [0.15, 0.2) is 0 Å². The van der Waals surface area contributed by atoms with E-state index in [0.29, 0.717) is 13.2 Å². The molecule has 0 radical (unpaired) electrons. The van der Waals surface area contributed by atoms with E-state index in [1.54, 1.807) is 26.6 Å². The molecule has 4 nitrogen and oxygen atoms in total. The van der Waals surface area contributed by atoms with Gasteiger partial charge in [0.2, 0.25) is 0 Å². The van der Waals surface area contributed by atoms with Crippen molar-refractivity contribution in [1.82, 2.24) is 9.97 Å². The molecule has 0 fully saturated rings. The molecule has 1 rings (SSSR count). The Bertz CT molecular complexity index is 198. The van der Waals surface area contributed by atoms with Crippen molar-refractivity contribution in [3.63, 3.8) is 0 Å². The van der Waals surface area contributed by atoms with E-state index in [0.717, 1.165) is 11.4 Å². The van der Waals surface area contributed by atoms with E-state index in [9.17, 15) is 0 Å². The summed E-state index contributed by atoms with van der Waals surface area (Å²) in [6.07, 6.45) is 3.38. The zero-order valence-electron chi connectivity index (χ0n) is 7.28. The number of hydrogen-bond donors (Lipinski definition) is 0. The monoisotopic (exact) mass is 168 g/mol. The molecule has 0 aromatic carbocycles. The highest BCUT2D eigenvalue weighted by atomic mass is 16.5. The molecular weight excluding hydrogens is 156 g/mol. The van der Waals surface area contributed by atoms with Crippen molar-refractivity contribution in [2.45, 2.75) is 13.2 Å². The third kappa shape index (κ3) is 2.56. The van der Waals surface area contributed by atoms with Crippen LogP contribution in [0.3, 0.4) is 0 Å². The number of ether oxygens (including phenoxy) is 2. The summed E-state index contributed by atoms with van der Waals surface area (Å²) in [5.74, 6) is 0. The average molecular weight is 168 g/mol. The van der Waals surface area contributed by atoms with Crippen molar-refractivity contribution < 1.29 is 9.47 Å². The number of methoxy groups -OCH3 is 2.